The van der Waals surface area contributed by atoms with Gasteiger partial charge in [-0.1, -0.05) is 18.5 Å². The SMILES string of the molecule is CCN[C@@H]1CCN(c2cnc(C(=O)Nc3cn4cc(C)nc4cc3OC)cn2)C1.COc1cc2nc(C)cn2cc1Br.COc1cc2nc(C)cn2cc1N.COc1cc2nc(C)cn2cc1NC(=O)c1cnc(Cl)cn1. The number of aromatic nitrogens is 12. The summed E-state index contributed by atoms with van der Waals surface area (Å²) in [5.41, 5.74) is 14.8. The van der Waals surface area contributed by atoms with Crippen LogP contribution in [-0.4, -0.2) is 123 Å². The molecule has 11 rings (SSSR count). The molecular formula is C52H57BrClN17O6. The zero-order valence-corrected chi connectivity index (χ0v) is 46.1. The quantitative estimate of drug-likeness (QED) is 0.0960. The van der Waals surface area contributed by atoms with Crippen molar-refractivity contribution in [1.29, 1.82) is 0 Å². The number of hydrogen-bond donors (Lipinski definition) is 4. The highest BCUT2D eigenvalue weighted by molar-refractivity contribution is 9.10. The highest BCUT2D eigenvalue weighted by Gasteiger charge is 2.23. The van der Waals surface area contributed by atoms with Crippen molar-refractivity contribution in [2.75, 3.05) is 69.3 Å². The lowest BCUT2D eigenvalue weighted by molar-refractivity contribution is 0.101. The van der Waals surface area contributed by atoms with Crippen molar-refractivity contribution in [3.63, 3.8) is 0 Å². The summed E-state index contributed by atoms with van der Waals surface area (Å²) in [6, 6.07) is 7.72. The Morgan fingerprint density at radius 2 is 1.05 bits per heavy atom. The van der Waals surface area contributed by atoms with E-state index in [9.17, 15) is 9.59 Å². The van der Waals surface area contributed by atoms with E-state index in [-0.39, 0.29) is 22.4 Å². The Labute approximate surface area is 455 Å². The number of pyridine rings is 4. The molecule has 1 aliphatic heterocycles. The maximum absolute atomic E-state index is 12.7. The van der Waals surface area contributed by atoms with E-state index in [1.807, 2.05) is 84.0 Å². The zero-order valence-electron chi connectivity index (χ0n) is 43.7. The first-order valence-corrected chi connectivity index (χ1v) is 25.2. The fraction of sp³-hybridized carbons (Fsp3) is 0.269. The number of aryl methyl sites for hydroxylation is 4. The second kappa shape index (κ2) is 24.4. The fourth-order valence-corrected chi connectivity index (χ4v) is 8.84. The van der Waals surface area contributed by atoms with E-state index in [0.717, 1.165) is 87.5 Å². The van der Waals surface area contributed by atoms with E-state index < -0.39 is 5.91 Å². The number of rotatable bonds is 11. The summed E-state index contributed by atoms with van der Waals surface area (Å²) in [5, 5.41) is 9.27. The molecule has 10 aromatic heterocycles. The number of hydrogen-bond acceptors (Lipinski definition) is 17. The summed E-state index contributed by atoms with van der Waals surface area (Å²) in [5.74, 6) is 2.55. The van der Waals surface area contributed by atoms with Crippen molar-refractivity contribution in [3.8, 4) is 23.0 Å². The van der Waals surface area contributed by atoms with E-state index in [2.05, 4.69) is 83.6 Å². The summed E-state index contributed by atoms with van der Waals surface area (Å²) < 4.78 is 29.4. The number of nitrogens with two attached hydrogens (primary N) is 1. The van der Waals surface area contributed by atoms with Gasteiger partial charge in [-0.05, 0) is 56.6 Å². The minimum atomic E-state index is -0.404. The third-order valence-electron chi connectivity index (χ3n) is 11.8. The molecule has 25 heteroatoms. The summed E-state index contributed by atoms with van der Waals surface area (Å²) in [4.78, 5) is 60.9. The predicted octanol–water partition coefficient (Wildman–Crippen LogP) is 7.88. The second-order valence-electron chi connectivity index (χ2n) is 17.5. The molecule has 77 heavy (non-hydrogen) atoms. The van der Waals surface area contributed by atoms with Crippen LogP contribution in [0.2, 0.25) is 5.15 Å². The number of nitrogen functional groups attached to an aromatic ring is 1. The normalized spacial score (nSPS) is 12.8. The van der Waals surface area contributed by atoms with Crippen LogP contribution in [0.4, 0.5) is 22.9 Å². The zero-order chi connectivity index (χ0) is 54.9. The molecule has 23 nitrogen and oxygen atoms in total. The van der Waals surface area contributed by atoms with Crippen molar-refractivity contribution in [2.45, 2.75) is 47.1 Å². The lowest BCUT2D eigenvalue weighted by Crippen LogP contribution is -2.32. The van der Waals surface area contributed by atoms with Gasteiger partial charge in [-0.2, -0.15) is 0 Å². The van der Waals surface area contributed by atoms with Crippen LogP contribution in [0.1, 0.15) is 57.1 Å². The molecule has 0 radical (unpaired) electrons. The van der Waals surface area contributed by atoms with Gasteiger partial charge in [0.25, 0.3) is 11.8 Å². The van der Waals surface area contributed by atoms with Gasteiger partial charge in [-0.25, -0.2) is 39.9 Å². The Morgan fingerprint density at radius 3 is 1.49 bits per heavy atom. The largest absolute Gasteiger partial charge is 0.495 e. The minimum Gasteiger partial charge on any atom is -0.495 e. The number of imidazole rings is 4. The topological polar surface area (TPSA) is 257 Å². The number of ether oxygens (including phenoxy) is 4. The van der Waals surface area contributed by atoms with E-state index >= 15 is 0 Å². The third-order valence-corrected chi connectivity index (χ3v) is 12.6. The van der Waals surface area contributed by atoms with E-state index in [4.69, 9.17) is 36.3 Å². The van der Waals surface area contributed by atoms with Crippen molar-refractivity contribution in [2.24, 2.45) is 0 Å². The number of anilines is 4. The summed E-state index contributed by atoms with van der Waals surface area (Å²) >= 11 is 9.07. The Kier molecular flexibility index (Phi) is 17.3. The monoisotopic (exact) mass is 1130 g/mol. The van der Waals surface area contributed by atoms with E-state index in [1.165, 1.54) is 25.7 Å². The van der Waals surface area contributed by atoms with Crippen LogP contribution >= 0.6 is 27.5 Å². The number of nitrogens with zero attached hydrogens (tertiary/aromatic N) is 13. The molecule has 0 spiro atoms. The second-order valence-corrected chi connectivity index (χ2v) is 18.7. The van der Waals surface area contributed by atoms with Gasteiger partial charge in [-0.15, -0.1) is 0 Å². The van der Waals surface area contributed by atoms with E-state index in [1.54, 1.807) is 62.7 Å². The molecule has 11 heterocycles. The lowest BCUT2D eigenvalue weighted by Gasteiger charge is -2.17. The number of carbonyl (C=O) groups excluding carboxylic acids is 2. The molecule has 0 aliphatic carbocycles. The molecular weight excluding hydrogens is 1070 g/mol. The number of fused-ring (bicyclic) bond motifs is 4. The minimum absolute atomic E-state index is 0.161. The fourth-order valence-electron chi connectivity index (χ4n) is 8.25. The van der Waals surface area contributed by atoms with E-state index in [0.29, 0.717) is 40.4 Å². The van der Waals surface area contributed by atoms with Crippen LogP contribution < -0.4 is 45.5 Å². The highest BCUT2D eigenvalue weighted by atomic mass is 79.9. The number of likely N-dealkylation sites (N-methyl/N-ethyl adjacent to an activating group) is 1. The molecule has 0 unspecified atom stereocenters. The number of methoxy groups -OCH3 is 4. The first-order valence-electron chi connectivity index (χ1n) is 24.0. The molecule has 5 N–H and O–H groups in total. The van der Waals surface area contributed by atoms with Gasteiger partial charge in [0.1, 0.15) is 79.3 Å². The van der Waals surface area contributed by atoms with Crippen LogP contribution in [0.3, 0.4) is 0 Å². The molecule has 1 fully saturated rings. The summed E-state index contributed by atoms with van der Waals surface area (Å²) in [6.07, 6.45) is 21.7. The summed E-state index contributed by atoms with van der Waals surface area (Å²) in [7, 11) is 6.33. The van der Waals surface area contributed by atoms with Crippen LogP contribution in [0.25, 0.3) is 22.6 Å². The number of nitrogens with one attached hydrogen (secondary N) is 3. The smallest absolute Gasteiger partial charge is 0.276 e. The van der Waals surface area contributed by atoms with Crippen LogP contribution in [0, 0.1) is 27.7 Å². The standard InChI is InChI=1S/C20H25N7O2.C14H12ClN5O2.C9H9BrN2O.C9H11N3O/c1-4-21-14-5-6-26(11-14)19-9-22-15(8-23-19)20(28)25-16-12-27-10-13(2)24-18(27)7-17(16)29-3;1-8-6-20-7-10(11(22-2)3-13(20)18-8)19-14(21)9-4-17-12(15)5-16-9;2*1-6-4-12-5-7(10)8(13-2)3-9(12)11-6/h7-10,12,14,21H,4-6,11H2,1-3H3,(H,25,28);3-7H,1-2H3,(H,19,21);3-5H,1-2H3;3-5H,10H2,1-2H3/t14-;;;/m1.../s1. The Bertz CT molecular complexity index is 3610. The maximum Gasteiger partial charge on any atom is 0.276 e. The molecule has 10 aromatic rings. The highest BCUT2D eigenvalue weighted by Crippen LogP contribution is 2.29. The Balaban J connectivity index is 0.000000144. The lowest BCUT2D eigenvalue weighted by atomic mass is 10.3. The molecule has 0 saturated carbocycles. The van der Waals surface area contributed by atoms with Crippen LogP contribution in [0.15, 0.2) is 103 Å². The number of carbonyl (C=O) groups is 2. The summed E-state index contributed by atoms with van der Waals surface area (Å²) in [6.45, 7) is 12.6. The first kappa shape index (κ1) is 54.6. The third kappa shape index (κ3) is 13.3. The molecule has 1 aliphatic rings. The Hall–Kier alpha value is -8.61. The predicted molar refractivity (Wildman–Crippen MR) is 297 cm³/mol. The van der Waals surface area contributed by atoms with Crippen molar-refractivity contribution in [1.82, 2.24) is 62.8 Å². The van der Waals surface area contributed by atoms with Gasteiger partial charge in [0.05, 0.1) is 86.2 Å². The molecule has 0 aromatic carbocycles. The van der Waals surface area contributed by atoms with Gasteiger partial charge >= 0.3 is 0 Å². The van der Waals surface area contributed by atoms with Crippen LogP contribution in [-0.2, 0) is 0 Å². The van der Waals surface area contributed by atoms with Gasteiger partial charge < -0.3 is 63.1 Å². The van der Waals surface area contributed by atoms with Crippen molar-refractivity contribution >= 4 is 84.8 Å². The van der Waals surface area contributed by atoms with Gasteiger partial charge in [0.2, 0.25) is 0 Å². The van der Waals surface area contributed by atoms with Gasteiger partial charge in [0.15, 0.2) is 0 Å². The molecule has 0 bridgehead atoms. The van der Waals surface area contributed by atoms with Crippen molar-refractivity contribution in [3.05, 3.63) is 142 Å². The molecule has 400 valence electrons. The maximum atomic E-state index is 12.7. The number of halogens is 2. The van der Waals surface area contributed by atoms with Gasteiger partial charge in [0, 0.05) is 93.0 Å². The molecule has 2 amide bonds. The first-order chi connectivity index (χ1) is 37.0. The molecule has 1 saturated heterocycles. The van der Waals surface area contributed by atoms with Gasteiger partial charge in [-0.3, -0.25) is 9.59 Å². The Morgan fingerprint density at radius 1 is 0.610 bits per heavy atom. The number of amides is 2. The average Bonchev–Trinajstić information content (AvgIpc) is 4.28. The average molecular weight is 1130 g/mol. The molecule has 1 atom stereocenters. The van der Waals surface area contributed by atoms with Crippen LogP contribution in [0.5, 0.6) is 23.0 Å². The van der Waals surface area contributed by atoms with Crippen molar-refractivity contribution < 1.29 is 28.5 Å².